The lowest BCUT2D eigenvalue weighted by atomic mass is 9.96. The summed E-state index contributed by atoms with van der Waals surface area (Å²) in [5.41, 5.74) is 0. The highest BCUT2D eigenvalue weighted by molar-refractivity contribution is 5.81. The van der Waals surface area contributed by atoms with E-state index in [0.29, 0.717) is 6.10 Å². The topological polar surface area (TPSA) is 50.4 Å². The van der Waals surface area contributed by atoms with Crippen molar-refractivity contribution >= 4 is 5.91 Å². The molecule has 98 valence electrons. The van der Waals surface area contributed by atoms with Crippen LogP contribution >= 0.6 is 0 Å². The van der Waals surface area contributed by atoms with E-state index in [9.17, 15) is 4.79 Å². The molecule has 1 saturated heterocycles. The van der Waals surface area contributed by atoms with Crippen molar-refractivity contribution in [2.24, 2.45) is 0 Å². The normalized spacial score (nSPS) is 31.1. The number of carbonyl (C=O) groups is 1. The lowest BCUT2D eigenvalue weighted by Crippen LogP contribution is -2.50. The van der Waals surface area contributed by atoms with Crippen molar-refractivity contribution in [2.45, 2.75) is 63.2 Å². The minimum Gasteiger partial charge on any atom is -0.375 e. The number of hydrogen-bond donors (Lipinski definition) is 2. The Labute approximate surface area is 103 Å². The quantitative estimate of drug-likeness (QED) is 0.779. The number of carbonyl (C=O) groups excluding carboxylic acids is 1. The van der Waals surface area contributed by atoms with Gasteiger partial charge in [-0.25, -0.2) is 0 Å². The number of nitrogens with one attached hydrogen (secondary N) is 2. The Balaban J connectivity index is 1.78. The minimum absolute atomic E-state index is 0.0673. The molecule has 4 heteroatoms. The fourth-order valence-electron chi connectivity index (χ4n) is 2.85. The Bertz CT molecular complexity index is 252. The summed E-state index contributed by atoms with van der Waals surface area (Å²) in [5.74, 6) is 0.0851. The third-order valence-corrected chi connectivity index (χ3v) is 3.86. The average molecular weight is 240 g/mol. The summed E-state index contributed by atoms with van der Waals surface area (Å²) in [7, 11) is 1.69. The van der Waals surface area contributed by atoms with Crippen LogP contribution in [0.15, 0.2) is 0 Å². The van der Waals surface area contributed by atoms with Crippen LogP contribution in [0.4, 0.5) is 0 Å². The molecule has 1 unspecified atom stereocenters. The first-order valence-corrected chi connectivity index (χ1v) is 6.90. The van der Waals surface area contributed by atoms with E-state index in [1.54, 1.807) is 7.05 Å². The molecule has 1 amide bonds. The monoisotopic (exact) mass is 240 g/mol. The number of amides is 1. The van der Waals surface area contributed by atoms with Gasteiger partial charge in [0.05, 0.1) is 18.2 Å². The van der Waals surface area contributed by atoms with Gasteiger partial charge in [-0.2, -0.15) is 0 Å². The second kappa shape index (κ2) is 6.36. The molecule has 2 aliphatic rings. The van der Waals surface area contributed by atoms with Crippen LogP contribution < -0.4 is 10.6 Å². The van der Waals surface area contributed by atoms with E-state index in [1.165, 1.54) is 32.1 Å². The van der Waals surface area contributed by atoms with Gasteiger partial charge in [0.1, 0.15) is 0 Å². The molecule has 1 aliphatic carbocycles. The molecular weight excluding hydrogens is 216 g/mol. The Morgan fingerprint density at radius 3 is 2.65 bits per heavy atom. The highest BCUT2D eigenvalue weighted by Gasteiger charge is 2.28. The van der Waals surface area contributed by atoms with Crippen molar-refractivity contribution < 1.29 is 9.53 Å². The van der Waals surface area contributed by atoms with E-state index in [2.05, 4.69) is 10.6 Å². The maximum Gasteiger partial charge on any atom is 0.236 e. The number of ether oxygens (including phenoxy) is 1. The minimum atomic E-state index is -0.0673. The van der Waals surface area contributed by atoms with Gasteiger partial charge in [0.15, 0.2) is 0 Å². The first-order chi connectivity index (χ1) is 8.29. The van der Waals surface area contributed by atoms with Gasteiger partial charge in [-0.3, -0.25) is 4.79 Å². The zero-order valence-corrected chi connectivity index (χ0v) is 10.7. The van der Waals surface area contributed by atoms with E-state index in [-0.39, 0.29) is 18.1 Å². The second-order valence-corrected chi connectivity index (χ2v) is 5.16. The highest BCUT2D eigenvalue weighted by Crippen LogP contribution is 2.24. The third-order valence-electron chi connectivity index (χ3n) is 3.86. The van der Waals surface area contributed by atoms with E-state index >= 15 is 0 Å². The van der Waals surface area contributed by atoms with Crippen LogP contribution in [0, 0.1) is 0 Å². The summed E-state index contributed by atoms with van der Waals surface area (Å²) in [4.78, 5) is 11.6. The number of likely N-dealkylation sites (N-methyl/N-ethyl adjacent to an activating group) is 1. The van der Waals surface area contributed by atoms with Crippen molar-refractivity contribution in [1.29, 1.82) is 0 Å². The summed E-state index contributed by atoms with van der Waals surface area (Å²) in [6.45, 7) is 0.884. The Morgan fingerprint density at radius 2 is 1.94 bits per heavy atom. The maximum absolute atomic E-state index is 11.6. The van der Waals surface area contributed by atoms with Gasteiger partial charge in [0.25, 0.3) is 0 Å². The number of hydrogen-bond acceptors (Lipinski definition) is 3. The largest absolute Gasteiger partial charge is 0.375 e. The van der Waals surface area contributed by atoms with Gasteiger partial charge < -0.3 is 15.4 Å². The SMILES string of the molecule is CNC(=O)[C@@H]1CC(OC2CCCCC2)CCN1. The molecule has 0 aromatic carbocycles. The summed E-state index contributed by atoms with van der Waals surface area (Å²) < 4.78 is 6.14. The zero-order chi connectivity index (χ0) is 12.1. The van der Waals surface area contributed by atoms with Crippen molar-refractivity contribution in [3.05, 3.63) is 0 Å². The van der Waals surface area contributed by atoms with Crippen LogP contribution in [0.3, 0.4) is 0 Å². The van der Waals surface area contributed by atoms with Crippen LogP contribution in [-0.4, -0.2) is 37.7 Å². The van der Waals surface area contributed by atoms with Crippen LogP contribution in [-0.2, 0) is 9.53 Å². The lowest BCUT2D eigenvalue weighted by molar-refractivity contribution is -0.125. The molecule has 17 heavy (non-hydrogen) atoms. The summed E-state index contributed by atoms with van der Waals surface area (Å²) in [5, 5.41) is 5.95. The van der Waals surface area contributed by atoms with Gasteiger partial charge in [-0.05, 0) is 32.2 Å². The average Bonchev–Trinajstić information content (AvgIpc) is 2.39. The molecule has 1 heterocycles. The molecule has 1 aliphatic heterocycles. The van der Waals surface area contributed by atoms with Crippen LogP contribution in [0.5, 0.6) is 0 Å². The smallest absolute Gasteiger partial charge is 0.236 e. The molecule has 2 fully saturated rings. The Hall–Kier alpha value is -0.610. The van der Waals surface area contributed by atoms with Crippen molar-refractivity contribution in [2.75, 3.05) is 13.6 Å². The molecule has 0 spiro atoms. The van der Waals surface area contributed by atoms with Gasteiger partial charge in [0.2, 0.25) is 5.91 Å². The fourth-order valence-corrected chi connectivity index (χ4v) is 2.85. The van der Waals surface area contributed by atoms with Crippen molar-refractivity contribution in [3.8, 4) is 0 Å². The maximum atomic E-state index is 11.6. The molecular formula is C13H24N2O2. The van der Waals surface area contributed by atoms with Gasteiger partial charge in [-0.15, -0.1) is 0 Å². The summed E-state index contributed by atoms with van der Waals surface area (Å²) in [6, 6.07) is -0.0673. The molecule has 2 rings (SSSR count). The van der Waals surface area contributed by atoms with E-state index in [1.807, 2.05) is 0 Å². The first kappa shape index (κ1) is 12.8. The third kappa shape index (κ3) is 3.68. The van der Waals surface area contributed by atoms with Gasteiger partial charge in [-0.1, -0.05) is 19.3 Å². The standard InChI is InChI=1S/C13H24N2O2/c1-14-13(16)12-9-11(7-8-15-12)17-10-5-3-2-4-6-10/h10-12,15H,2-9H2,1H3,(H,14,16)/t11?,12-/m0/s1. The molecule has 1 saturated carbocycles. The van der Waals surface area contributed by atoms with Crippen LogP contribution in [0.1, 0.15) is 44.9 Å². The number of piperidine rings is 1. The van der Waals surface area contributed by atoms with Crippen LogP contribution in [0.2, 0.25) is 0 Å². The number of rotatable bonds is 3. The summed E-state index contributed by atoms with van der Waals surface area (Å²) in [6.07, 6.45) is 8.91. The van der Waals surface area contributed by atoms with E-state index in [0.717, 1.165) is 19.4 Å². The van der Waals surface area contributed by atoms with E-state index in [4.69, 9.17) is 4.74 Å². The molecule has 2 N–H and O–H groups in total. The predicted octanol–water partition coefficient (Wildman–Crippen LogP) is 1.20. The molecule has 4 nitrogen and oxygen atoms in total. The van der Waals surface area contributed by atoms with E-state index < -0.39 is 0 Å². The van der Waals surface area contributed by atoms with Crippen molar-refractivity contribution in [3.63, 3.8) is 0 Å². The van der Waals surface area contributed by atoms with Gasteiger partial charge in [0, 0.05) is 7.05 Å². The molecule has 0 bridgehead atoms. The zero-order valence-electron chi connectivity index (χ0n) is 10.7. The summed E-state index contributed by atoms with van der Waals surface area (Å²) >= 11 is 0. The Kier molecular flexibility index (Phi) is 4.80. The lowest BCUT2D eigenvalue weighted by Gasteiger charge is -2.33. The molecule has 0 radical (unpaired) electrons. The Morgan fingerprint density at radius 1 is 1.18 bits per heavy atom. The second-order valence-electron chi connectivity index (χ2n) is 5.16. The first-order valence-electron chi connectivity index (χ1n) is 6.90. The van der Waals surface area contributed by atoms with Crippen LogP contribution in [0.25, 0.3) is 0 Å². The predicted molar refractivity (Wildman–Crippen MR) is 66.8 cm³/mol. The molecule has 2 atom stereocenters. The fraction of sp³-hybridized carbons (Fsp3) is 0.923. The highest BCUT2D eigenvalue weighted by atomic mass is 16.5. The molecule has 0 aromatic heterocycles. The van der Waals surface area contributed by atoms with Crippen molar-refractivity contribution in [1.82, 2.24) is 10.6 Å². The van der Waals surface area contributed by atoms with Gasteiger partial charge >= 0.3 is 0 Å². The molecule has 0 aromatic rings.